The summed E-state index contributed by atoms with van der Waals surface area (Å²) in [7, 11) is 0. The fourth-order valence-electron chi connectivity index (χ4n) is 6.72. The molecule has 3 aliphatic rings. The molecule has 0 spiro atoms. The standard InChI is InChI=1S/C31H50/c1-7-9-24-11-12-26(21-24)17-19-30(3,4)29-16-14-27(23-29)18-20-31(5,6)28-15-13-25(22-28)10-8-2/h7-10,17-20,24-29H,11-16,21-23H2,1-6H3. The van der Waals surface area contributed by atoms with Gasteiger partial charge in [-0.2, -0.15) is 0 Å². The van der Waals surface area contributed by atoms with Crippen molar-refractivity contribution in [2.24, 2.45) is 46.3 Å². The largest absolute Gasteiger partial charge is 0.0914 e. The molecule has 0 aromatic rings. The van der Waals surface area contributed by atoms with Crippen LogP contribution in [0.15, 0.2) is 48.6 Å². The second-order valence-corrected chi connectivity index (χ2v) is 12.3. The van der Waals surface area contributed by atoms with Gasteiger partial charge in [-0.1, -0.05) is 76.3 Å². The number of hydrogen-bond donors (Lipinski definition) is 0. The molecule has 3 aliphatic carbocycles. The molecular formula is C31H50. The minimum absolute atomic E-state index is 0.335. The predicted molar refractivity (Wildman–Crippen MR) is 138 cm³/mol. The average molecular weight is 423 g/mol. The molecule has 0 aromatic heterocycles. The van der Waals surface area contributed by atoms with E-state index in [1.165, 1.54) is 57.8 Å². The Hall–Kier alpha value is -1.04. The molecule has 3 saturated carbocycles. The Labute approximate surface area is 194 Å². The van der Waals surface area contributed by atoms with Crippen molar-refractivity contribution in [3.63, 3.8) is 0 Å². The van der Waals surface area contributed by atoms with E-state index in [1.807, 2.05) is 0 Å². The highest BCUT2D eigenvalue weighted by atomic mass is 14.4. The summed E-state index contributed by atoms with van der Waals surface area (Å²) in [4.78, 5) is 0. The molecule has 0 saturated heterocycles. The zero-order valence-electron chi connectivity index (χ0n) is 21.4. The van der Waals surface area contributed by atoms with Gasteiger partial charge in [0.15, 0.2) is 0 Å². The third kappa shape index (κ3) is 6.72. The third-order valence-electron chi connectivity index (χ3n) is 9.09. The molecule has 6 atom stereocenters. The first kappa shape index (κ1) is 24.6. The molecule has 174 valence electrons. The molecular weight excluding hydrogens is 372 g/mol. The van der Waals surface area contributed by atoms with E-state index in [9.17, 15) is 0 Å². The zero-order valence-corrected chi connectivity index (χ0v) is 21.4. The van der Waals surface area contributed by atoms with Gasteiger partial charge in [0.2, 0.25) is 0 Å². The average Bonchev–Trinajstić information content (AvgIpc) is 3.47. The van der Waals surface area contributed by atoms with E-state index < -0.39 is 0 Å². The van der Waals surface area contributed by atoms with Gasteiger partial charge in [0.25, 0.3) is 0 Å². The van der Waals surface area contributed by atoms with Gasteiger partial charge in [0.05, 0.1) is 0 Å². The first-order chi connectivity index (χ1) is 14.7. The van der Waals surface area contributed by atoms with E-state index in [0.717, 1.165) is 35.5 Å². The van der Waals surface area contributed by atoms with Crippen LogP contribution < -0.4 is 0 Å². The molecule has 0 aromatic carbocycles. The molecule has 31 heavy (non-hydrogen) atoms. The number of allylic oxidation sites excluding steroid dienone is 8. The van der Waals surface area contributed by atoms with Gasteiger partial charge < -0.3 is 0 Å². The Bertz CT molecular complexity index is 670. The number of rotatable bonds is 8. The minimum Gasteiger partial charge on any atom is -0.0914 e. The maximum atomic E-state index is 2.61. The van der Waals surface area contributed by atoms with Crippen LogP contribution in [0.25, 0.3) is 0 Å². The first-order valence-electron chi connectivity index (χ1n) is 13.4. The van der Waals surface area contributed by atoms with E-state index in [-0.39, 0.29) is 0 Å². The lowest BCUT2D eigenvalue weighted by Crippen LogP contribution is -2.20. The highest BCUT2D eigenvalue weighted by Gasteiger charge is 2.36. The molecule has 0 radical (unpaired) electrons. The van der Waals surface area contributed by atoms with Gasteiger partial charge in [0, 0.05) is 0 Å². The Balaban J connectivity index is 1.50. The Morgan fingerprint density at radius 1 is 0.484 bits per heavy atom. The molecule has 0 heteroatoms. The fourth-order valence-corrected chi connectivity index (χ4v) is 6.72. The Morgan fingerprint density at radius 3 is 1.29 bits per heavy atom. The summed E-state index contributed by atoms with van der Waals surface area (Å²) in [6.07, 6.45) is 32.2. The molecule has 6 unspecified atom stereocenters. The van der Waals surface area contributed by atoms with Crippen LogP contribution in [0.5, 0.6) is 0 Å². The van der Waals surface area contributed by atoms with Gasteiger partial charge >= 0.3 is 0 Å². The third-order valence-corrected chi connectivity index (χ3v) is 9.09. The fraction of sp³-hybridized carbons (Fsp3) is 0.742. The molecule has 0 bridgehead atoms. The summed E-state index contributed by atoms with van der Waals surface area (Å²) >= 11 is 0. The van der Waals surface area contributed by atoms with Crippen LogP contribution in [-0.4, -0.2) is 0 Å². The van der Waals surface area contributed by atoms with Crippen LogP contribution in [0.1, 0.15) is 99.3 Å². The predicted octanol–water partition coefficient (Wildman–Crippen LogP) is 9.55. The number of hydrogen-bond acceptors (Lipinski definition) is 0. The van der Waals surface area contributed by atoms with Crippen molar-refractivity contribution < 1.29 is 0 Å². The minimum atomic E-state index is 0.335. The second kappa shape index (κ2) is 10.7. The highest BCUT2D eigenvalue weighted by molar-refractivity contribution is 5.09. The quantitative estimate of drug-likeness (QED) is 0.341. The van der Waals surface area contributed by atoms with Gasteiger partial charge in [-0.25, -0.2) is 0 Å². The van der Waals surface area contributed by atoms with E-state index in [2.05, 4.69) is 90.2 Å². The molecule has 0 amide bonds. The van der Waals surface area contributed by atoms with Crippen molar-refractivity contribution in [2.45, 2.75) is 99.3 Å². The van der Waals surface area contributed by atoms with Crippen LogP contribution in [0.2, 0.25) is 0 Å². The first-order valence-corrected chi connectivity index (χ1v) is 13.4. The molecule has 0 aliphatic heterocycles. The van der Waals surface area contributed by atoms with Crippen LogP contribution in [0.3, 0.4) is 0 Å². The molecule has 3 rings (SSSR count). The van der Waals surface area contributed by atoms with Crippen LogP contribution in [0.4, 0.5) is 0 Å². The van der Waals surface area contributed by atoms with Crippen molar-refractivity contribution in [2.75, 3.05) is 0 Å². The lowest BCUT2D eigenvalue weighted by atomic mass is 9.75. The topological polar surface area (TPSA) is 0 Å². The van der Waals surface area contributed by atoms with E-state index >= 15 is 0 Å². The highest BCUT2D eigenvalue weighted by Crippen LogP contribution is 2.47. The Morgan fingerprint density at radius 2 is 0.839 bits per heavy atom. The van der Waals surface area contributed by atoms with Gasteiger partial charge in [-0.15, -0.1) is 0 Å². The van der Waals surface area contributed by atoms with Gasteiger partial charge in [-0.05, 0) is 118 Å². The second-order valence-electron chi connectivity index (χ2n) is 12.3. The summed E-state index contributed by atoms with van der Waals surface area (Å²) in [6, 6.07) is 0. The van der Waals surface area contributed by atoms with Crippen molar-refractivity contribution in [3.8, 4) is 0 Å². The Kier molecular flexibility index (Phi) is 8.51. The molecule has 0 heterocycles. The summed E-state index contributed by atoms with van der Waals surface area (Å²) < 4.78 is 0. The van der Waals surface area contributed by atoms with E-state index in [4.69, 9.17) is 0 Å². The molecule has 0 nitrogen and oxygen atoms in total. The molecule has 0 N–H and O–H groups in total. The van der Waals surface area contributed by atoms with Crippen LogP contribution >= 0.6 is 0 Å². The van der Waals surface area contributed by atoms with Gasteiger partial charge in [0.1, 0.15) is 0 Å². The summed E-state index contributed by atoms with van der Waals surface area (Å²) in [5.41, 5.74) is 0.678. The summed E-state index contributed by atoms with van der Waals surface area (Å²) in [6.45, 7) is 14.3. The molecule has 3 fully saturated rings. The van der Waals surface area contributed by atoms with Crippen molar-refractivity contribution >= 4 is 0 Å². The van der Waals surface area contributed by atoms with Crippen LogP contribution in [0, 0.1) is 46.3 Å². The zero-order chi connectivity index (χ0) is 22.5. The van der Waals surface area contributed by atoms with E-state index in [1.54, 1.807) is 0 Å². The van der Waals surface area contributed by atoms with Crippen molar-refractivity contribution in [1.29, 1.82) is 0 Å². The summed E-state index contributed by atoms with van der Waals surface area (Å²) in [5.74, 6) is 4.91. The maximum absolute atomic E-state index is 2.61. The van der Waals surface area contributed by atoms with Crippen molar-refractivity contribution in [1.82, 2.24) is 0 Å². The maximum Gasteiger partial charge on any atom is -0.0146 e. The lowest BCUT2D eigenvalue weighted by Gasteiger charge is -2.30. The normalized spacial score (nSPS) is 35.7. The SMILES string of the molecule is CC=CC1CCC(C=CC(C)(C)C2CCC(C=CC(C)(C)C3CCC(C=CC)C3)C2)C1. The van der Waals surface area contributed by atoms with Crippen molar-refractivity contribution in [3.05, 3.63) is 48.6 Å². The monoisotopic (exact) mass is 422 g/mol. The smallest absolute Gasteiger partial charge is 0.0146 e. The van der Waals surface area contributed by atoms with E-state index in [0.29, 0.717) is 10.8 Å². The summed E-state index contributed by atoms with van der Waals surface area (Å²) in [5, 5.41) is 0. The lowest BCUT2D eigenvalue weighted by molar-refractivity contribution is 0.278. The van der Waals surface area contributed by atoms with Crippen LogP contribution in [-0.2, 0) is 0 Å². The van der Waals surface area contributed by atoms with Gasteiger partial charge in [-0.3, -0.25) is 0 Å².